The normalized spacial score (nSPS) is 10.7. The number of aromatic nitrogens is 4. The van der Waals surface area contributed by atoms with Gasteiger partial charge in [-0.2, -0.15) is 5.26 Å². The number of nitriles is 1. The van der Waals surface area contributed by atoms with Crippen LogP contribution in [0, 0.1) is 11.3 Å². The number of pyridine rings is 1. The minimum atomic E-state index is -0.617. The molecule has 0 spiro atoms. The average Bonchev–Trinajstić information content (AvgIpc) is 2.97. The zero-order valence-corrected chi connectivity index (χ0v) is 12.6. The summed E-state index contributed by atoms with van der Waals surface area (Å²) in [6.45, 7) is 0.288. The van der Waals surface area contributed by atoms with Crippen molar-refractivity contribution in [3.05, 3.63) is 62.7 Å². The van der Waals surface area contributed by atoms with Crippen LogP contribution in [0.2, 0.25) is 0 Å². The van der Waals surface area contributed by atoms with E-state index in [0.29, 0.717) is 0 Å². The summed E-state index contributed by atoms with van der Waals surface area (Å²) in [5.41, 5.74) is 0.314. The van der Waals surface area contributed by atoms with Crippen molar-refractivity contribution in [2.24, 2.45) is 14.1 Å². The number of fused-ring (bicyclic) bond motifs is 1. The Labute approximate surface area is 130 Å². The molecule has 3 rings (SSSR count). The topological polar surface area (TPSA) is 97.1 Å². The molecule has 0 saturated carbocycles. The quantitative estimate of drug-likeness (QED) is 0.746. The Balaban J connectivity index is 1.99. The van der Waals surface area contributed by atoms with Gasteiger partial charge >= 0.3 is 5.69 Å². The lowest BCUT2D eigenvalue weighted by atomic mass is 10.3. The van der Waals surface area contributed by atoms with E-state index in [1.807, 2.05) is 41.1 Å². The van der Waals surface area contributed by atoms with Crippen molar-refractivity contribution in [2.75, 3.05) is 5.32 Å². The van der Waals surface area contributed by atoms with Crippen LogP contribution in [0.5, 0.6) is 0 Å². The molecule has 0 aromatic carbocycles. The highest BCUT2D eigenvalue weighted by Gasteiger charge is 2.15. The van der Waals surface area contributed by atoms with Crippen LogP contribution >= 0.6 is 0 Å². The summed E-state index contributed by atoms with van der Waals surface area (Å²) in [5, 5.41) is 12.2. The molecular formula is C15H14N6O2. The molecule has 0 saturated heterocycles. The molecule has 0 amide bonds. The van der Waals surface area contributed by atoms with Gasteiger partial charge in [0.15, 0.2) is 5.56 Å². The van der Waals surface area contributed by atoms with Crippen molar-refractivity contribution < 1.29 is 0 Å². The van der Waals surface area contributed by atoms with Gasteiger partial charge < -0.3 is 9.72 Å². The second-order valence-electron chi connectivity index (χ2n) is 5.09. The molecule has 0 bridgehead atoms. The van der Waals surface area contributed by atoms with E-state index in [2.05, 4.69) is 10.3 Å². The SMILES string of the molecule is Cn1c(NCc2cn3ccccc3n2)c(C#N)c(=O)n(C)c1=O. The smallest absolute Gasteiger partial charge is 0.332 e. The van der Waals surface area contributed by atoms with Crippen molar-refractivity contribution in [1.29, 1.82) is 5.26 Å². The Kier molecular flexibility index (Phi) is 3.46. The van der Waals surface area contributed by atoms with Crippen LogP contribution in [-0.2, 0) is 20.6 Å². The van der Waals surface area contributed by atoms with E-state index in [1.54, 1.807) is 0 Å². The highest BCUT2D eigenvalue weighted by Crippen LogP contribution is 2.10. The molecule has 116 valence electrons. The minimum Gasteiger partial charge on any atom is -0.364 e. The highest BCUT2D eigenvalue weighted by atomic mass is 16.2. The van der Waals surface area contributed by atoms with Gasteiger partial charge in [-0.05, 0) is 12.1 Å². The second kappa shape index (κ2) is 5.46. The summed E-state index contributed by atoms with van der Waals surface area (Å²) in [4.78, 5) is 28.4. The van der Waals surface area contributed by atoms with E-state index in [1.165, 1.54) is 18.7 Å². The standard InChI is InChI=1S/C15H14N6O2/c1-19-13(11(7-16)14(22)20(2)15(19)23)17-8-10-9-21-6-4-3-5-12(21)18-10/h3-6,9,17H,8H2,1-2H3. The molecule has 3 aromatic heterocycles. The van der Waals surface area contributed by atoms with Crippen molar-refractivity contribution in [3.63, 3.8) is 0 Å². The second-order valence-corrected chi connectivity index (χ2v) is 5.09. The van der Waals surface area contributed by atoms with E-state index in [-0.39, 0.29) is 17.9 Å². The van der Waals surface area contributed by atoms with Gasteiger partial charge in [0.1, 0.15) is 17.5 Å². The molecule has 0 radical (unpaired) electrons. The van der Waals surface area contributed by atoms with Crippen LogP contribution < -0.4 is 16.6 Å². The first-order valence-corrected chi connectivity index (χ1v) is 6.89. The van der Waals surface area contributed by atoms with Crippen LogP contribution in [-0.4, -0.2) is 18.5 Å². The monoisotopic (exact) mass is 310 g/mol. The fraction of sp³-hybridized carbons (Fsp3) is 0.200. The largest absolute Gasteiger partial charge is 0.364 e. The number of hydrogen-bond acceptors (Lipinski definition) is 5. The Morgan fingerprint density at radius 1 is 1.26 bits per heavy atom. The first-order valence-electron chi connectivity index (χ1n) is 6.89. The number of rotatable bonds is 3. The van der Waals surface area contributed by atoms with Gasteiger partial charge in [-0.3, -0.25) is 13.9 Å². The molecule has 0 aliphatic heterocycles. The van der Waals surface area contributed by atoms with Crippen LogP contribution in [0.25, 0.3) is 5.65 Å². The van der Waals surface area contributed by atoms with Gasteiger partial charge in [-0.1, -0.05) is 6.07 Å². The summed E-state index contributed by atoms with van der Waals surface area (Å²) in [5.74, 6) is 0.192. The third-order valence-corrected chi connectivity index (χ3v) is 3.63. The van der Waals surface area contributed by atoms with Crippen molar-refractivity contribution in [3.8, 4) is 6.07 Å². The predicted molar refractivity (Wildman–Crippen MR) is 84.2 cm³/mol. The molecule has 8 nitrogen and oxygen atoms in total. The Morgan fingerprint density at radius 3 is 2.74 bits per heavy atom. The maximum atomic E-state index is 12.0. The van der Waals surface area contributed by atoms with Gasteiger partial charge in [0.2, 0.25) is 0 Å². The number of nitrogens with zero attached hydrogens (tertiary/aromatic N) is 5. The van der Waals surface area contributed by atoms with Crippen molar-refractivity contribution in [1.82, 2.24) is 18.5 Å². The summed E-state index contributed by atoms with van der Waals surface area (Å²) in [6.07, 6.45) is 3.72. The van der Waals surface area contributed by atoms with Gasteiger partial charge in [0, 0.05) is 26.5 Å². The third kappa shape index (κ3) is 2.38. The molecule has 3 aromatic rings. The third-order valence-electron chi connectivity index (χ3n) is 3.63. The first-order chi connectivity index (χ1) is 11.0. The lowest BCUT2D eigenvalue weighted by Crippen LogP contribution is -2.39. The number of anilines is 1. The molecule has 3 heterocycles. The van der Waals surface area contributed by atoms with Crippen LogP contribution in [0.4, 0.5) is 5.82 Å². The number of imidazole rings is 1. The van der Waals surface area contributed by atoms with E-state index < -0.39 is 11.2 Å². The molecule has 23 heavy (non-hydrogen) atoms. The molecule has 0 aliphatic rings. The van der Waals surface area contributed by atoms with Crippen LogP contribution in [0.1, 0.15) is 11.3 Å². The zero-order chi connectivity index (χ0) is 16.6. The van der Waals surface area contributed by atoms with E-state index in [4.69, 9.17) is 0 Å². The molecule has 0 aliphatic carbocycles. The van der Waals surface area contributed by atoms with Crippen LogP contribution in [0.15, 0.2) is 40.2 Å². The fourth-order valence-corrected chi connectivity index (χ4v) is 2.40. The Hall–Kier alpha value is -3.34. The van der Waals surface area contributed by atoms with E-state index in [0.717, 1.165) is 15.9 Å². The van der Waals surface area contributed by atoms with Crippen LogP contribution in [0.3, 0.4) is 0 Å². The van der Waals surface area contributed by atoms with Crippen molar-refractivity contribution >= 4 is 11.5 Å². The maximum Gasteiger partial charge on any atom is 0.332 e. The summed E-state index contributed by atoms with van der Waals surface area (Å²) < 4.78 is 4.02. The molecule has 0 fully saturated rings. The number of hydrogen-bond donors (Lipinski definition) is 1. The van der Waals surface area contributed by atoms with Crippen molar-refractivity contribution in [2.45, 2.75) is 6.54 Å². The lowest BCUT2D eigenvalue weighted by Gasteiger charge is -2.12. The molecule has 0 unspecified atom stereocenters. The molecule has 1 N–H and O–H groups in total. The fourth-order valence-electron chi connectivity index (χ4n) is 2.40. The van der Waals surface area contributed by atoms with Gasteiger partial charge in [-0.25, -0.2) is 9.78 Å². The van der Waals surface area contributed by atoms with Gasteiger partial charge in [-0.15, -0.1) is 0 Å². The van der Waals surface area contributed by atoms with E-state index in [9.17, 15) is 14.9 Å². The number of nitrogens with one attached hydrogen (secondary N) is 1. The van der Waals surface area contributed by atoms with Gasteiger partial charge in [0.05, 0.1) is 12.2 Å². The maximum absolute atomic E-state index is 12.0. The average molecular weight is 310 g/mol. The van der Waals surface area contributed by atoms with Gasteiger partial charge in [0.25, 0.3) is 5.56 Å². The first kappa shape index (κ1) is 14.6. The summed E-state index contributed by atoms with van der Waals surface area (Å²) in [6, 6.07) is 7.51. The zero-order valence-electron chi connectivity index (χ0n) is 12.6. The molecular weight excluding hydrogens is 296 g/mol. The van der Waals surface area contributed by atoms with E-state index >= 15 is 0 Å². The molecule has 0 atom stereocenters. The molecule has 8 heteroatoms. The summed E-state index contributed by atoms with van der Waals surface area (Å²) >= 11 is 0. The summed E-state index contributed by atoms with van der Waals surface area (Å²) in [7, 11) is 2.85. The Morgan fingerprint density at radius 2 is 2.04 bits per heavy atom. The lowest BCUT2D eigenvalue weighted by molar-refractivity contribution is 0.685. The highest BCUT2D eigenvalue weighted by molar-refractivity contribution is 5.51. The predicted octanol–water partition coefficient (Wildman–Crippen LogP) is 0.215. The Bertz CT molecular complexity index is 1020. The minimum absolute atomic E-state index is 0.0987.